The summed E-state index contributed by atoms with van der Waals surface area (Å²) < 4.78 is 34.5. The van der Waals surface area contributed by atoms with E-state index in [4.69, 9.17) is 4.74 Å². The first kappa shape index (κ1) is 24.2. The molecule has 2 unspecified atom stereocenters. The molecule has 2 aliphatic rings. The number of nitrogens with one attached hydrogen (secondary N) is 3. The summed E-state index contributed by atoms with van der Waals surface area (Å²) in [6, 6.07) is 11.1. The first-order valence-electron chi connectivity index (χ1n) is 11.7. The summed E-state index contributed by atoms with van der Waals surface area (Å²) in [5.41, 5.74) is 1.27. The highest BCUT2D eigenvalue weighted by Gasteiger charge is 2.30. The molecule has 0 aliphatic heterocycles. The van der Waals surface area contributed by atoms with E-state index in [0.717, 1.165) is 38.5 Å². The van der Waals surface area contributed by atoms with E-state index in [2.05, 4.69) is 22.3 Å². The van der Waals surface area contributed by atoms with Crippen molar-refractivity contribution in [2.75, 3.05) is 17.7 Å². The molecule has 0 saturated heterocycles. The Labute approximate surface area is 200 Å². The fourth-order valence-corrected chi connectivity index (χ4v) is 5.82. The Morgan fingerprint density at radius 3 is 2.32 bits per heavy atom. The number of anilines is 2. The quantitative estimate of drug-likeness (QED) is 0.520. The Hall–Kier alpha value is -2.91. The van der Waals surface area contributed by atoms with Crippen molar-refractivity contribution in [3.05, 3.63) is 48.0 Å². The second kappa shape index (κ2) is 10.1. The average Bonchev–Trinajstić information content (AvgIpc) is 3.66. The van der Waals surface area contributed by atoms with Gasteiger partial charge in [0.25, 0.3) is 5.91 Å². The lowest BCUT2D eigenvalue weighted by atomic mass is 9.87. The molecule has 2 atom stereocenters. The van der Waals surface area contributed by atoms with Crippen LogP contribution >= 0.6 is 0 Å². The molecule has 2 aromatic rings. The minimum atomic E-state index is -3.89. The third-order valence-electron chi connectivity index (χ3n) is 6.47. The Balaban J connectivity index is 1.51. The minimum Gasteiger partial charge on any atom is -0.495 e. The number of hydrogen-bond donors (Lipinski definition) is 3. The third-order valence-corrected chi connectivity index (χ3v) is 7.98. The van der Waals surface area contributed by atoms with E-state index >= 15 is 0 Å². The van der Waals surface area contributed by atoms with Crippen LogP contribution in [0, 0.1) is 11.8 Å². The van der Waals surface area contributed by atoms with Crippen LogP contribution in [0.15, 0.2) is 47.4 Å². The van der Waals surface area contributed by atoms with E-state index in [1.54, 1.807) is 24.3 Å². The van der Waals surface area contributed by atoms with Gasteiger partial charge in [-0.3, -0.25) is 9.59 Å². The first-order chi connectivity index (χ1) is 16.3. The summed E-state index contributed by atoms with van der Waals surface area (Å²) in [4.78, 5) is 24.9. The second-order valence-electron chi connectivity index (χ2n) is 9.15. The molecule has 0 aromatic heterocycles. The van der Waals surface area contributed by atoms with Gasteiger partial charge < -0.3 is 15.4 Å². The molecule has 8 nitrogen and oxygen atoms in total. The number of hydrogen-bond acceptors (Lipinski definition) is 5. The first-order valence-corrected chi connectivity index (χ1v) is 13.2. The molecule has 0 heterocycles. The monoisotopic (exact) mass is 485 g/mol. The minimum absolute atomic E-state index is 0.0201. The van der Waals surface area contributed by atoms with Gasteiger partial charge in [-0.25, -0.2) is 13.1 Å². The van der Waals surface area contributed by atoms with Crippen LogP contribution in [0.4, 0.5) is 11.4 Å². The Bertz CT molecular complexity index is 1180. The topological polar surface area (TPSA) is 114 Å². The van der Waals surface area contributed by atoms with Crippen molar-refractivity contribution in [3.63, 3.8) is 0 Å². The van der Waals surface area contributed by atoms with E-state index in [9.17, 15) is 18.0 Å². The summed E-state index contributed by atoms with van der Waals surface area (Å²) in [5.74, 6) is 0.0122. The Morgan fingerprint density at radius 2 is 1.65 bits per heavy atom. The van der Waals surface area contributed by atoms with Gasteiger partial charge in [-0.1, -0.05) is 25.8 Å². The SMILES string of the molecule is COc1ccc(C(=O)Nc2cccc(NC(=O)C3CC3)c2)cc1S(=O)(=O)NC1CCCCC1C. The molecule has 9 heteroatoms. The van der Waals surface area contributed by atoms with Crippen LogP contribution in [0.3, 0.4) is 0 Å². The average molecular weight is 486 g/mol. The Morgan fingerprint density at radius 1 is 0.941 bits per heavy atom. The normalized spacial score (nSPS) is 20.4. The summed E-state index contributed by atoms with van der Waals surface area (Å²) in [7, 11) is -2.49. The van der Waals surface area contributed by atoms with Crippen LogP contribution in [0.1, 0.15) is 55.8 Å². The number of methoxy groups -OCH3 is 1. The molecule has 2 aromatic carbocycles. The number of benzene rings is 2. The van der Waals surface area contributed by atoms with Gasteiger partial charge in [-0.05, 0) is 68.0 Å². The number of ether oxygens (including phenoxy) is 1. The van der Waals surface area contributed by atoms with Crippen molar-refractivity contribution >= 4 is 33.2 Å². The lowest BCUT2D eigenvalue weighted by Gasteiger charge is -2.29. The molecule has 2 amide bonds. The van der Waals surface area contributed by atoms with Crippen LogP contribution in [0.2, 0.25) is 0 Å². The van der Waals surface area contributed by atoms with Gasteiger partial charge in [0, 0.05) is 28.9 Å². The molecular weight excluding hydrogens is 454 g/mol. The van der Waals surface area contributed by atoms with Crippen LogP contribution < -0.4 is 20.1 Å². The number of sulfonamides is 1. The van der Waals surface area contributed by atoms with Crippen molar-refractivity contribution in [1.29, 1.82) is 0 Å². The highest BCUT2D eigenvalue weighted by atomic mass is 32.2. The van der Waals surface area contributed by atoms with Gasteiger partial charge >= 0.3 is 0 Å². The van der Waals surface area contributed by atoms with Crippen molar-refractivity contribution in [1.82, 2.24) is 4.72 Å². The summed E-state index contributed by atoms with van der Waals surface area (Å²) >= 11 is 0. The zero-order chi connectivity index (χ0) is 24.3. The molecule has 0 radical (unpaired) electrons. The van der Waals surface area contributed by atoms with Crippen molar-refractivity contribution in [2.45, 2.75) is 56.4 Å². The maximum Gasteiger partial charge on any atom is 0.255 e. The molecule has 2 fully saturated rings. The van der Waals surface area contributed by atoms with Crippen molar-refractivity contribution < 1.29 is 22.7 Å². The molecule has 0 spiro atoms. The van der Waals surface area contributed by atoms with E-state index in [1.807, 2.05) is 0 Å². The van der Waals surface area contributed by atoms with Gasteiger partial charge in [-0.15, -0.1) is 0 Å². The van der Waals surface area contributed by atoms with Crippen LogP contribution in [0.25, 0.3) is 0 Å². The predicted octanol–water partition coefficient (Wildman–Crippen LogP) is 4.15. The van der Waals surface area contributed by atoms with Crippen LogP contribution in [-0.4, -0.2) is 33.4 Å². The van der Waals surface area contributed by atoms with Gasteiger partial charge in [0.2, 0.25) is 15.9 Å². The fraction of sp³-hybridized carbons (Fsp3) is 0.440. The van der Waals surface area contributed by atoms with Gasteiger partial charge in [-0.2, -0.15) is 0 Å². The zero-order valence-corrected chi connectivity index (χ0v) is 20.3. The van der Waals surface area contributed by atoms with Crippen LogP contribution in [0.5, 0.6) is 5.75 Å². The van der Waals surface area contributed by atoms with Crippen molar-refractivity contribution in [3.8, 4) is 5.75 Å². The molecule has 0 bridgehead atoms. The molecule has 4 rings (SSSR count). The summed E-state index contributed by atoms with van der Waals surface area (Å²) in [6.07, 6.45) is 5.66. The third kappa shape index (κ3) is 5.77. The zero-order valence-electron chi connectivity index (χ0n) is 19.5. The van der Waals surface area contributed by atoms with E-state index in [1.165, 1.54) is 25.3 Å². The molecule has 2 saturated carbocycles. The van der Waals surface area contributed by atoms with Gasteiger partial charge in [0.05, 0.1) is 7.11 Å². The van der Waals surface area contributed by atoms with Gasteiger partial charge in [0.15, 0.2) is 0 Å². The number of rotatable bonds is 8. The Kier molecular flexibility index (Phi) is 7.23. The largest absolute Gasteiger partial charge is 0.495 e. The van der Waals surface area contributed by atoms with E-state index < -0.39 is 15.9 Å². The highest BCUT2D eigenvalue weighted by Crippen LogP contribution is 2.31. The fourth-order valence-electron chi connectivity index (χ4n) is 4.25. The lowest BCUT2D eigenvalue weighted by Crippen LogP contribution is -2.41. The maximum atomic E-state index is 13.2. The molecule has 3 N–H and O–H groups in total. The van der Waals surface area contributed by atoms with E-state index in [0.29, 0.717) is 11.4 Å². The molecular formula is C25H31N3O5S. The molecule has 2 aliphatic carbocycles. The highest BCUT2D eigenvalue weighted by molar-refractivity contribution is 7.89. The maximum absolute atomic E-state index is 13.2. The lowest BCUT2D eigenvalue weighted by molar-refractivity contribution is -0.117. The number of carbonyl (C=O) groups excluding carboxylic acids is 2. The number of amides is 2. The number of carbonyl (C=O) groups is 2. The van der Waals surface area contributed by atoms with Gasteiger partial charge in [0.1, 0.15) is 10.6 Å². The standard InChI is InChI=1S/C25H31N3O5S/c1-16-6-3-4-9-21(16)28-34(31,32)23-14-18(12-13-22(23)33-2)25(30)27-20-8-5-7-19(15-20)26-24(29)17-10-11-17/h5,7-8,12-17,21,28H,3-4,6,9-11H2,1-2H3,(H,26,29)(H,27,30). The molecule has 34 heavy (non-hydrogen) atoms. The molecule has 182 valence electrons. The second-order valence-corrected chi connectivity index (χ2v) is 10.8. The van der Waals surface area contributed by atoms with Crippen LogP contribution in [-0.2, 0) is 14.8 Å². The summed E-state index contributed by atoms with van der Waals surface area (Å²) in [6.45, 7) is 2.05. The predicted molar refractivity (Wildman–Crippen MR) is 130 cm³/mol. The van der Waals surface area contributed by atoms with E-state index in [-0.39, 0.29) is 40.0 Å². The summed E-state index contributed by atoms with van der Waals surface area (Å²) in [5, 5.41) is 5.62. The van der Waals surface area contributed by atoms with Crippen molar-refractivity contribution in [2.24, 2.45) is 11.8 Å². The smallest absolute Gasteiger partial charge is 0.255 e.